The summed E-state index contributed by atoms with van der Waals surface area (Å²) in [4.78, 5) is 18.1. The lowest BCUT2D eigenvalue weighted by molar-refractivity contribution is -0.661. The van der Waals surface area contributed by atoms with Crippen molar-refractivity contribution in [2.75, 3.05) is 0 Å². The minimum atomic E-state index is -2.45. The highest BCUT2D eigenvalue weighted by Gasteiger charge is 2.30. The zero-order valence-corrected chi connectivity index (χ0v) is 69.6. The summed E-state index contributed by atoms with van der Waals surface area (Å²) in [5.74, 6) is 0. The Morgan fingerprint density at radius 3 is 0.910 bits per heavy atom. The molecular weight excluding hydrogens is 1370 g/mol. The molecule has 0 aliphatic heterocycles. The summed E-state index contributed by atoms with van der Waals surface area (Å²) in [7, 11) is 7.82. The van der Waals surface area contributed by atoms with Crippen LogP contribution in [-0.2, 0) is 53.8 Å². The van der Waals surface area contributed by atoms with Crippen molar-refractivity contribution in [1.82, 2.24) is 19.9 Å². The molecule has 0 unspecified atom stereocenters. The van der Waals surface area contributed by atoms with Crippen molar-refractivity contribution in [2.24, 2.45) is 49.9 Å². The number of benzene rings is 4. The van der Waals surface area contributed by atoms with Gasteiger partial charge in [-0.05, 0) is 216 Å². The number of rotatable bonds is 8. The van der Waals surface area contributed by atoms with Crippen LogP contribution in [0.5, 0.6) is 0 Å². The van der Waals surface area contributed by atoms with Gasteiger partial charge in [0.05, 0.1) is 22.3 Å². The standard InChI is InChI=1S/3C25H29N2O.C24H27N2O/c2*1-15-8-10-19-20-11-9-17(3)26-24(20)28-23(19)22(15)21-12-18(13-25(4,5)6)16(2)14-27(21)7;1-15-8-10-19-20-11-9-17(3)26-24(20)28-23(19)22(15)21-12-16(2)18(14-27(21)7)13-25(4,5)6;1-15-9-10-18-19-8-7-11-25-23(19)27-22(18)21(15)20-12-16(2)17(14-26(20)6)13-24(3,4)5/h3*8-12,14H,13H2,1-7H3;7-12,14H,13H2,1-6H3/q4*+1/i2*2D3,13D2;;. The molecule has 4 aromatic carbocycles. The topological polar surface area (TPSA) is 120 Å². The molecule has 0 radical (unpaired) electrons. The van der Waals surface area contributed by atoms with Crippen LogP contribution < -0.4 is 18.3 Å². The van der Waals surface area contributed by atoms with E-state index in [0.717, 1.165) is 118 Å². The molecule has 12 heteroatoms. The van der Waals surface area contributed by atoms with Crippen LogP contribution in [0, 0.1) is 97.7 Å². The molecular formula is C99H114N8O4+4. The van der Waals surface area contributed by atoms with Crippen LogP contribution >= 0.6 is 0 Å². The molecule has 12 aromatic heterocycles. The van der Waals surface area contributed by atoms with Crippen LogP contribution in [-0.4, -0.2) is 19.9 Å². The smallest absolute Gasteiger partial charge is 0.227 e. The van der Waals surface area contributed by atoms with E-state index in [4.69, 9.17) is 31.4 Å². The first-order valence-corrected chi connectivity index (χ1v) is 38.4. The molecule has 16 rings (SSSR count). The third-order valence-corrected chi connectivity index (χ3v) is 20.4. The summed E-state index contributed by atoms with van der Waals surface area (Å²) in [5.41, 5.74) is 25.0. The molecule has 0 aliphatic rings. The van der Waals surface area contributed by atoms with Gasteiger partial charge in [-0.25, -0.2) is 38.2 Å². The molecule has 0 spiro atoms. The van der Waals surface area contributed by atoms with Crippen molar-refractivity contribution in [3.63, 3.8) is 0 Å². The molecule has 0 bridgehead atoms. The van der Waals surface area contributed by atoms with Crippen molar-refractivity contribution in [2.45, 2.75) is 185 Å². The van der Waals surface area contributed by atoms with Gasteiger partial charge >= 0.3 is 0 Å². The average molecular weight is 1490 g/mol. The van der Waals surface area contributed by atoms with Gasteiger partial charge < -0.3 is 17.7 Å². The maximum absolute atomic E-state index is 8.87. The molecule has 12 nitrogen and oxygen atoms in total. The largest absolute Gasteiger partial charge is 0.437 e. The van der Waals surface area contributed by atoms with Gasteiger partial charge in [0.15, 0.2) is 47.1 Å². The molecule has 111 heavy (non-hydrogen) atoms. The monoisotopic (exact) mass is 1490 g/mol. The van der Waals surface area contributed by atoms with E-state index in [1.54, 1.807) is 83.1 Å². The lowest BCUT2D eigenvalue weighted by Gasteiger charge is -2.19. The highest BCUT2D eigenvalue weighted by atomic mass is 16.4. The second-order valence-corrected chi connectivity index (χ2v) is 35.1. The molecule has 0 amide bonds. The number of aryl methyl sites for hydroxylation is 15. The Labute approximate surface area is 670 Å². The van der Waals surface area contributed by atoms with Crippen molar-refractivity contribution < 1.29 is 49.6 Å². The van der Waals surface area contributed by atoms with Gasteiger partial charge in [0.1, 0.15) is 28.2 Å². The Morgan fingerprint density at radius 1 is 0.315 bits per heavy atom. The van der Waals surface area contributed by atoms with E-state index in [-0.39, 0.29) is 33.1 Å². The first-order chi connectivity index (χ1) is 56.1. The summed E-state index contributed by atoms with van der Waals surface area (Å²) in [6.07, 6.45) is 7.75. The van der Waals surface area contributed by atoms with E-state index in [1.807, 2.05) is 95.3 Å². The fourth-order valence-electron chi connectivity index (χ4n) is 15.2. The van der Waals surface area contributed by atoms with Gasteiger partial charge in [-0.3, -0.25) is 0 Å². The number of hydrogen-bond donors (Lipinski definition) is 0. The van der Waals surface area contributed by atoms with Crippen LogP contribution in [0.4, 0.5) is 0 Å². The highest BCUT2D eigenvalue weighted by Crippen LogP contribution is 2.43. The van der Waals surface area contributed by atoms with E-state index in [2.05, 4.69) is 173 Å². The van der Waals surface area contributed by atoms with E-state index in [9.17, 15) is 0 Å². The Balaban J connectivity index is 0.000000140. The Bertz CT molecular complexity index is 6570. The third kappa shape index (κ3) is 16.4. The fourth-order valence-corrected chi connectivity index (χ4v) is 15.2. The highest BCUT2D eigenvalue weighted by molar-refractivity contribution is 6.12. The normalized spacial score (nSPS) is 14.1. The van der Waals surface area contributed by atoms with Crippen molar-refractivity contribution >= 4 is 88.3 Å². The Kier molecular flexibility index (Phi) is 17.8. The maximum Gasteiger partial charge on any atom is 0.227 e. The molecule has 0 N–H and O–H groups in total. The number of fused-ring (bicyclic) bond motifs is 12. The summed E-state index contributed by atoms with van der Waals surface area (Å²) in [5, 5.41) is 8.03. The van der Waals surface area contributed by atoms with Gasteiger partial charge in [-0.2, -0.15) is 0 Å². The van der Waals surface area contributed by atoms with E-state index >= 15 is 0 Å². The van der Waals surface area contributed by atoms with Crippen LogP contribution in [0.2, 0.25) is 0 Å². The van der Waals surface area contributed by atoms with Gasteiger partial charge in [-0.15, -0.1) is 0 Å². The molecule has 12 heterocycles. The molecule has 0 fully saturated rings. The number of hydrogen-bond acceptors (Lipinski definition) is 8. The number of furan rings is 4. The number of aromatic nitrogens is 8. The quantitative estimate of drug-likeness (QED) is 0.138. The predicted octanol–water partition coefficient (Wildman–Crippen LogP) is 23.6. The summed E-state index contributed by atoms with van der Waals surface area (Å²) in [6, 6.07) is 40.7. The SMILES string of the molecule is Cc1cc(-c2c(C)ccc3c2oc2ncccc23)[n+](C)cc1CC(C)(C)C.Cc1ccc2c(n1)oc1c(-c3cc(C)c(CC(C)(C)C)c[n+]3C)c(C)ccc12.[2H]C([2H])([2H])c1c[n+](C)c(-c2c(C)ccc3c2oc2nc(C)ccc23)cc1C([2H])([2H])C(C)(C)C.[2H]C([2H])([2H])c1c[n+](C)c(-c2c(C)ccc3c2oc2nc(C)ccc23)cc1C([2H])([2H])C(C)(C)C. The first-order valence-electron chi connectivity index (χ1n) is 43.4. The zero-order valence-electron chi connectivity index (χ0n) is 79.6. The minimum Gasteiger partial charge on any atom is -0.437 e. The molecule has 16 aromatic rings. The molecule has 0 saturated carbocycles. The van der Waals surface area contributed by atoms with Crippen molar-refractivity contribution in [3.05, 3.63) is 236 Å². The summed E-state index contributed by atoms with van der Waals surface area (Å²) < 4.78 is 117. The Morgan fingerprint density at radius 2 is 0.604 bits per heavy atom. The van der Waals surface area contributed by atoms with Crippen molar-refractivity contribution in [1.29, 1.82) is 0 Å². The molecule has 0 saturated heterocycles. The van der Waals surface area contributed by atoms with Gasteiger partial charge in [-0.1, -0.05) is 132 Å². The second kappa shape index (κ2) is 29.8. The summed E-state index contributed by atoms with van der Waals surface area (Å²) in [6.45, 7) is 38.0. The van der Waals surface area contributed by atoms with Gasteiger partial charge in [0.2, 0.25) is 45.6 Å². The van der Waals surface area contributed by atoms with E-state index in [0.29, 0.717) is 45.4 Å². The van der Waals surface area contributed by atoms with Crippen LogP contribution in [0.3, 0.4) is 0 Å². The fraction of sp³-hybridized carbons (Fsp3) is 0.354. The second-order valence-electron chi connectivity index (χ2n) is 35.1. The zero-order chi connectivity index (χ0) is 88.6. The lowest BCUT2D eigenvalue weighted by Crippen LogP contribution is -2.32. The minimum absolute atomic E-state index is 0.0143. The van der Waals surface area contributed by atoms with E-state index in [1.165, 1.54) is 57.2 Å². The summed E-state index contributed by atoms with van der Waals surface area (Å²) >= 11 is 0. The van der Waals surface area contributed by atoms with Crippen LogP contribution in [0.25, 0.3) is 133 Å². The first kappa shape index (κ1) is 66.1. The van der Waals surface area contributed by atoms with Gasteiger partial charge in [0.25, 0.3) is 0 Å². The number of pyridine rings is 8. The van der Waals surface area contributed by atoms with Gasteiger partial charge in [0, 0.05) is 127 Å². The van der Waals surface area contributed by atoms with Crippen LogP contribution in [0.15, 0.2) is 170 Å². The molecule has 0 atom stereocenters. The molecule has 570 valence electrons. The van der Waals surface area contributed by atoms with E-state index < -0.39 is 37.3 Å². The Hall–Kier alpha value is -10.7. The lowest BCUT2D eigenvalue weighted by atomic mass is 9.86. The molecule has 0 aliphatic carbocycles. The maximum atomic E-state index is 8.87. The third-order valence-electron chi connectivity index (χ3n) is 20.4. The predicted molar refractivity (Wildman–Crippen MR) is 457 cm³/mol. The van der Waals surface area contributed by atoms with Crippen LogP contribution in [0.1, 0.15) is 181 Å². The van der Waals surface area contributed by atoms with Crippen molar-refractivity contribution in [3.8, 4) is 45.0 Å². The average Bonchev–Trinajstić information content (AvgIpc) is 1.67. The number of nitrogens with zero attached hydrogens (tertiary/aromatic N) is 8.